The second-order valence-corrected chi connectivity index (χ2v) is 8.98. The second kappa shape index (κ2) is 10.8. The van der Waals surface area contributed by atoms with Crippen LogP contribution in [0.5, 0.6) is 5.75 Å². The van der Waals surface area contributed by atoms with Crippen LogP contribution in [-0.4, -0.2) is 48.0 Å². The van der Waals surface area contributed by atoms with Crippen molar-refractivity contribution in [2.75, 3.05) is 37.9 Å². The number of carbonyl (C=O) groups excluding carboxylic acids is 1. The van der Waals surface area contributed by atoms with Crippen LogP contribution in [0.25, 0.3) is 10.9 Å². The molecule has 0 atom stereocenters. The molecule has 3 aromatic rings. The van der Waals surface area contributed by atoms with Crippen molar-refractivity contribution in [3.8, 4) is 5.75 Å². The lowest BCUT2D eigenvalue weighted by Crippen LogP contribution is -2.13. The minimum Gasteiger partial charge on any atom is -0.491 e. The van der Waals surface area contributed by atoms with Gasteiger partial charge in [-0.3, -0.25) is 4.79 Å². The molecule has 1 aromatic heterocycles. The molecular weight excluding hydrogens is 457 g/mol. The molecule has 0 radical (unpaired) electrons. The van der Waals surface area contributed by atoms with Crippen LogP contribution in [0, 0.1) is 11.7 Å². The highest BCUT2D eigenvalue weighted by Crippen LogP contribution is 2.36. The molecule has 0 saturated heterocycles. The number of amides is 1. The van der Waals surface area contributed by atoms with Crippen LogP contribution in [0.15, 0.2) is 48.8 Å². The molecule has 0 spiro atoms. The summed E-state index contributed by atoms with van der Waals surface area (Å²) in [5.74, 6) is 1.02. The van der Waals surface area contributed by atoms with Crippen molar-refractivity contribution in [3.63, 3.8) is 0 Å². The number of likely N-dealkylation sites (N-methyl/N-ethyl adjacent to an activating group) is 1. The van der Waals surface area contributed by atoms with Gasteiger partial charge in [0, 0.05) is 29.8 Å². The molecule has 1 heterocycles. The summed E-state index contributed by atoms with van der Waals surface area (Å²) in [6.45, 7) is 1.22. The number of rotatable bonds is 10. The summed E-state index contributed by atoms with van der Waals surface area (Å²) in [4.78, 5) is 23.2. The summed E-state index contributed by atoms with van der Waals surface area (Å²) in [7, 11) is 3.86. The number of halogens is 2. The number of hydrogen-bond acceptors (Lipinski definition) is 6. The van der Waals surface area contributed by atoms with E-state index in [1.54, 1.807) is 24.3 Å². The molecule has 1 amide bonds. The number of ether oxygens (including phenoxy) is 1. The highest BCUT2D eigenvalue weighted by molar-refractivity contribution is 6.31. The summed E-state index contributed by atoms with van der Waals surface area (Å²) in [5.41, 5.74) is 1.75. The summed E-state index contributed by atoms with van der Waals surface area (Å²) < 4.78 is 19.6. The van der Waals surface area contributed by atoms with Crippen LogP contribution in [0.1, 0.15) is 19.3 Å². The van der Waals surface area contributed by atoms with Gasteiger partial charge in [-0.1, -0.05) is 30.5 Å². The van der Waals surface area contributed by atoms with E-state index in [9.17, 15) is 9.18 Å². The molecule has 9 heteroatoms. The van der Waals surface area contributed by atoms with Crippen LogP contribution < -0.4 is 15.4 Å². The zero-order valence-corrected chi connectivity index (χ0v) is 19.9. The first kappa shape index (κ1) is 23.9. The lowest BCUT2D eigenvalue weighted by Gasteiger charge is -2.15. The molecule has 0 aliphatic heterocycles. The molecule has 4 rings (SSSR count). The monoisotopic (exact) mass is 483 g/mol. The Balaban J connectivity index is 1.63. The first-order chi connectivity index (χ1) is 16.4. The lowest BCUT2D eigenvalue weighted by molar-refractivity contribution is -0.111. The Kier molecular flexibility index (Phi) is 7.59. The van der Waals surface area contributed by atoms with Crippen LogP contribution in [0.4, 0.5) is 21.6 Å². The van der Waals surface area contributed by atoms with Crippen molar-refractivity contribution >= 4 is 45.6 Å². The number of nitrogens with one attached hydrogen (secondary N) is 2. The van der Waals surface area contributed by atoms with Crippen LogP contribution in [-0.2, 0) is 4.79 Å². The number of fused-ring (bicyclic) bond motifs is 1. The second-order valence-electron chi connectivity index (χ2n) is 8.58. The van der Waals surface area contributed by atoms with Gasteiger partial charge in [0.2, 0.25) is 5.91 Å². The summed E-state index contributed by atoms with van der Waals surface area (Å²) in [6, 6.07) is 7.92. The summed E-state index contributed by atoms with van der Waals surface area (Å²) in [5, 5.41) is 6.75. The molecule has 2 N–H and O–H groups in total. The number of carbonyl (C=O) groups is 1. The molecule has 0 unspecified atom stereocenters. The normalized spacial score (nSPS) is 13.6. The number of benzene rings is 2. The quantitative estimate of drug-likeness (QED) is 0.376. The number of anilines is 3. The number of nitrogens with zero attached hydrogens (tertiary/aromatic N) is 3. The van der Waals surface area contributed by atoms with Crippen LogP contribution in [0.2, 0.25) is 5.02 Å². The molecular formula is C25H27ClFN5O2. The minimum atomic E-state index is -0.500. The van der Waals surface area contributed by atoms with E-state index in [0.29, 0.717) is 47.0 Å². The fourth-order valence-corrected chi connectivity index (χ4v) is 3.58. The van der Waals surface area contributed by atoms with Gasteiger partial charge < -0.3 is 20.3 Å². The third-order valence-electron chi connectivity index (χ3n) is 5.40. The third-order valence-corrected chi connectivity index (χ3v) is 5.69. The smallest absolute Gasteiger partial charge is 0.248 e. The largest absolute Gasteiger partial charge is 0.491 e. The molecule has 0 bridgehead atoms. The average molecular weight is 484 g/mol. The van der Waals surface area contributed by atoms with E-state index in [2.05, 4.69) is 20.6 Å². The van der Waals surface area contributed by atoms with E-state index >= 15 is 0 Å². The molecule has 1 aliphatic carbocycles. The van der Waals surface area contributed by atoms with Gasteiger partial charge in [0.15, 0.2) is 0 Å². The maximum Gasteiger partial charge on any atom is 0.248 e. The van der Waals surface area contributed by atoms with Gasteiger partial charge in [-0.25, -0.2) is 14.4 Å². The Morgan fingerprint density at radius 1 is 1.26 bits per heavy atom. The van der Waals surface area contributed by atoms with Crippen molar-refractivity contribution in [2.24, 2.45) is 5.92 Å². The highest BCUT2D eigenvalue weighted by Gasteiger charge is 2.21. The van der Waals surface area contributed by atoms with Crippen LogP contribution in [0.3, 0.4) is 0 Å². The first-order valence-corrected chi connectivity index (χ1v) is 11.5. The molecule has 1 aliphatic rings. The maximum atomic E-state index is 13.5. The van der Waals surface area contributed by atoms with Crippen LogP contribution >= 0.6 is 11.6 Å². The van der Waals surface area contributed by atoms with Gasteiger partial charge in [0.25, 0.3) is 0 Å². The summed E-state index contributed by atoms with van der Waals surface area (Å²) in [6.07, 6.45) is 8.20. The maximum absolute atomic E-state index is 13.5. The Hall–Kier alpha value is -3.23. The topological polar surface area (TPSA) is 79.4 Å². The Labute approximate surface area is 203 Å². The van der Waals surface area contributed by atoms with Gasteiger partial charge >= 0.3 is 0 Å². The first-order valence-electron chi connectivity index (χ1n) is 11.1. The molecule has 2 aromatic carbocycles. The van der Waals surface area contributed by atoms with E-state index in [4.69, 9.17) is 16.3 Å². The predicted octanol–water partition coefficient (Wildman–Crippen LogP) is 5.40. The summed E-state index contributed by atoms with van der Waals surface area (Å²) >= 11 is 5.92. The van der Waals surface area contributed by atoms with Crippen molar-refractivity contribution in [1.82, 2.24) is 14.9 Å². The zero-order chi connectivity index (χ0) is 24.1. The lowest BCUT2D eigenvalue weighted by atomic mass is 10.1. The molecule has 34 heavy (non-hydrogen) atoms. The average Bonchev–Trinajstić information content (AvgIpc) is 3.61. The third kappa shape index (κ3) is 6.42. The fourth-order valence-electron chi connectivity index (χ4n) is 3.40. The van der Waals surface area contributed by atoms with E-state index in [0.717, 1.165) is 12.3 Å². The Morgan fingerprint density at radius 3 is 2.82 bits per heavy atom. The van der Waals surface area contributed by atoms with E-state index < -0.39 is 5.82 Å². The van der Waals surface area contributed by atoms with Crippen molar-refractivity contribution in [2.45, 2.75) is 19.3 Å². The fraction of sp³-hybridized carbons (Fsp3) is 0.320. The van der Waals surface area contributed by atoms with Gasteiger partial charge in [0.1, 0.15) is 23.7 Å². The van der Waals surface area contributed by atoms with Gasteiger partial charge in [-0.2, -0.15) is 0 Å². The standard InChI is InChI=1S/C25H27ClFN5O2/c1-32(2)10-3-4-24(33)31-22-13-18-21(14-23(22)34-11-9-16-5-6-16)28-15-29-25(18)30-17-7-8-20(27)19(26)12-17/h3-4,7-8,12-16H,5-6,9-11H2,1-2H3,(H,31,33)(H,28,29,30). The van der Waals surface area contributed by atoms with Crippen molar-refractivity contribution in [3.05, 3.63) is 59.7 Å². The Bertz CT molecular complexity index is 1210. The number of aromatic nitrogens is 2. The van der Waals surface area contributed by atoms with Gasteiger partial charge in [0.05, 0.1) is 22.8 Å². The highest BCUT2D eigenvalue weighted by atomic mass is 35.5. The van der Waals surface area contributed by atoms with Gasteiger partial charge in [-0.05, 0) is 50.7 Å². The van der Waals surface area contributed by atoms with E-state index in [1.807, 2.05) is 19.0 Å². The van der Waals surface area contributed by atoms with Crippen molar-refractivity contribution < 1.29 is 13.9 Å². The molecule has 178 valence electrons. The van der Waals surface area contributed by atoms with E-state index in [-0.39, 0.29) is 10.9 Å². The predicted molar refractivity (Wildman–Crippen MR) is 133 cm³/mol. The minimum absolute atomic E-state index is 0.00664. The van der Waals surface area contributed by atoms with Crippen molar-refractivity contribution in [1.29, 1.82) is 0 Å². The van der Waals surface area contributed by atoms with E-state index in [1.165, 1.54) is 37.4 Å². The molecule has 7 nitrogen and oxygen atoms in total. The molecule has 1 saturated carbocycles. The van der Waals surface area contributed by atoms with Gasteiger partial charge in [-0.15, -0.1) is 0 Å². The Morgan fingerprint density at radius 2 is 2.09 bits per heavy atom. The zero-order valence-electron chi connectivity index (χ0n) is 19.1. The number of hydrogen-bond donors (Lipinski definition) is 2. The SMILES string of the molecule is CN(C)CC=CC(=O)Nc1cc2c(Nc3ccc(F)c(Cl)c3)ncnc2cc1OCCC1CC1. The molecule has 1 fully saturated rings.